The molecule has 1 rings (SSSR count). The van der Waals surface area contributed by atoms with E-state index in [0.29, 0.717) is 5.69 Å². The molecule has 0 saturated carbocycles. The molecule has 1 aromatic rings. The molecule has 72 valence electrons. The number of aryl methyl sites for hydroxylation is 1. The fraction of sp³-hybridized carbons (Fsp3) is 0.500. The van der Waals surface area contributed by atoms with Crippen LogP contribution >= 0.6 is 0 Å². The second-order valence-electron chi connectivity index (χ2n) is 3.19. The van der Waals surface area contributed by atoms with E-state index in [4.69, 9.17) is 0 Å². The van der Waals surface area contributed by atoms with Crippen molar-refractivity contribution in [1.29, 1.82) is 0 Å². The highest BCUT2D eigenvalue weighted by molar-refractivity contribution is 5.91. The number of amides is 1. The van der Waals surface area contributed by atoms with Crippen LogP contribution in [0.2, 0.25) is 0 Å². The Morgan fingerprint density at radius 1 is 1.62 bits per heavy atom. The van der Waals surface area contributed by atoms with Gasteiger partial charge in [-0.2, -0.15) is 5.10 Å². The Morgan fingerprint density at radius 2 is 2.31 bits per heavy atom. The molecule has 0 radical (unpaired) electrons. The molecule has 0 bridgehead atoms. The quantitative estimate of drug-likeness (QED) is 0.591. The van der Waals surface area contributed by atoms with Crippen molar-refractivity contribution in [2.24, 2.45) is 0 Å². The predicted molar refractivity (Wildman–Crippen MR) is 49.1 cm³/mol. The lowest BCUT2D eigenvalue weighted by atomic mass is 10.3. The van der Waals surface area contributed by atoms with Crippen LogP contribution in [-0.2, 0) is 0 Å². The zero-order valence-corrected chi connectivity index (χ0v) is 8.01. The fourth-order valence-electron chi connectivity index (χ4n) is 0.808. The summed E-state index contributed by atoms with van der Waals surface area (Å²) in [7, 11) is 0. The molecule has 0 unspecified atom stereocenters. The van der Waals surface area contributed by atoms with E-state index < -0.39 is 0 Å². The van der Waals surface area contributed by atoms with Gasteiger partial charge in [0.25, 0.3) is 5.91 Å². The molecular formula is C8H14N4O. The maximum Gasteiger partial charge on any atom is 0.285 e. The van der Waals surface area contributed by atoms with E-state index in [9.17, 15) is 4.79 Å². The lowest BCUT2D eigenvalue weighted by molar-refractivity contribution is 0.0922. The first kappa shape index (κ1) is 9.73. The molecule has 0 aromatic carbocycles. The zero-order valence-electron chi connectivity index (χ0n) is 8.01. The normalized spacial score (nSPS) is 10.5. The minimum Gasteiger partial charge on any atom is -0.286 e. The van der Waals surface area contributed by atoms with Gasteiger partial charge in [-0.25, -0.2) is 5.43 Å². The van der Waals surface area contributed by atoms with Crippen LogP contribution in [0.3, 0.4) is 0 Å². The summed E-state index contributed by atoms with van der Waals surface area (Å²) in [4.78, 5) is 11.3. The van der Waals surface area contributed by atoms with Gasteiger partial charge in [0.05, 0.1) is 0 Å². The topological polar surface area (TPSA) is 69.8 Å². The summed E-state index contributed by atoms with van der Waals surface area (Å²) in [5.41, 5.74) is 6.60. The number of hydrogen-bond donors (Lipinski definition) is 3. The van der Waals surface area contributed by atoms with E-state index in [2.05, 4.69) is 21.0 Å². The molecular weight excluding hydrogens is 168 g/mol. The largest absolute Gasteiger partial charge is 0.286 e. The monoisotopic (exact) mass is 182 g/mol. The minimum atomic E-state index is -0.224. The second kappa shape index (κ2) is 4.04. The maximum atomic E-state index is 11.3. The zero-order chi connectivity index (χ0) is 9.84. The van der Waals surface area contributed by atoms with Crippen molar-refractivity contribution in [2.75, 3.05) is 0 Å². The molecule has 0 aliphatic rings. The van der Waals surface area contributed by atoms with E-state index in [0.717, 1.165) is 5.69 Å². The number of aromatic nitrogens is 2. The van der Waals surface area contributed by atoms with Crippen LogP contribution in [0.15, 0.2) is 6.07 Å². The van der Waals surface area contributed by atoms with Crippen LogP contribution in [0.1, 0.15) is 30.0 Å². The molecule has 0 spiro atoms. The highest BCUT2D eigenvalue weighted by atomic mass is 16.2. The molecule has 0 fully saturated rings. The second-order valence-corrected chi connectivity index (χ2v) is 3.19. The summed E-state index contributed by atoms with van der Waals surface area (Å²) in [6, 6.07) is 1.90. The van der Waals surface area contributed by atoms with Gasteiger partial charge in [0.2, 0.25) is 0 Å². The van der Waals surface area contributed by atoms with Gasteiger partial charge in [-0.1, -0.05) is 0 Å². The SMILES string of the molecule is Cc1cc(C(=O)NNC(C)C)n[nH]1. The van der Waals surface area contributed by atoms with E-state index in [1.807, 2.05) is 20.8 Å². The van der Waals surface area contributed by atoms with E-state index >= 15 is 0 Å². The number of H-pyrrole nitrogens is 1. The van der Waals surface area contributed by atoms with Crippen LogP contribution in [0.4, 0.5) is 0 Å². The third-order valence-corrected chi connectivity index (χ3v) is 1.41. The number of carbonyl (C=O) groups excluding carboxylic acids is 1. The van der Waals surface area contributed by atoms with Gasteiger partial charge in [0.1, 0.15) is 0 Å². The van der Waals surface area contributed by atoms with Crippen LogP contribution in [0.5, 0.6) is 0 Å². The summed E-state index contributed by atoms with van der Waals surface area (Å²) in [6.07, 6.45) is 0. The average Bonchev–Trinajstić information content (AvgIpc) is 2.47. The van der Waals surface area contributed by atoms with Crippen molar-refractivity contribution in [1.82, 2.24) is 21.0 Å². The highest BCUT2D eigenvalue weighted by Crippen LogP contribution is 1.96. The van der Waals surface area contributed by atoms with Crippen molar-refractivity contribution in [3.05, 3.63) is 17.5 Å². The first-order chi connectivity index (χ1) is 6.09. The molecule has 0 aliphatic carbocycles. The summed E-state index contributed by atoms with van der Waals surface area (Å²) in [5.74, 6) is -0.224. The Bertz CT molecular complexity index is 292. The molecule has 13 heavy (non-hydrogen) atoms. The first-order valence-corrected chi connectivity index (χ1v) is 4.17. The number of hydrazine groups is 1. The van der Waals surface area contributed by atoms with Gasteiger partial charge >= 0.3 is 0 Å². The highest BCUT2D eigenvalue weighted by Gasteiger charge is 2.08. The number of nitrogens with zero attached hydrogens (tertiary/aromatic N) is 1. The Kier molecular flexibility index (Phi) is 3.02. The van der Waals surface area contributed by atoms with Crippen LogP contribution < -0.4 is 10.9 Å². The van der Waals surface area contributed by atoms with Crippen molar-refractivity contribution >= 4 is 5.91 Å². The van der Waals surface area contributed by atoms with Gasteiger partial charge in [-0.3, -0.25) is 15.3 Å². The molecule has 0 saturated heterocycles. The molecule has 1 aromatic heterocycles. The molecule has 1 heterocycles. The van der Waals surface area contributed by atoms with Crippen LogP contribution in [0, 0.1) is 6.92 Å². The molecule has 1 amide bonds. The first-order valence-electron chi connectivity index (χ1n) is 4.17. The fourth-order valence-corrected chi connectivity index (χ4v) is 0.808. The van der Waals surface area contributed by atoms with Crippen molar-refractivity contribution in [3.63, 3.8) is 0 Å². The maximum absolute atomic E-state index is 11.3. The van der Waals surface area contributed by atoms with E-state index in [1.54, 1.807) is 6.07 Å². The van der Waals surface area contributed by atoms with Crippen molar-refractivity contribution in [3.8, 4) is 0 Å². The lowest BCUT2D eigenvalue weighted by Crippen LogP contribution is -2.41. The van der Waals surface area contributed by atoms with Gasteiger partial charge in [-0.15, -0.1) is 0 Å². The number of aromatic amines is 1. The molecule has 5 nitrogen and oxygen atoms in total. The number of hydrogen-bond acceptors (Lipinski definition) is 3. The Balaban J connectivity index is 2.49. The van der Waals surface area contributed by atoms with Crippen LogP contribution in [-0.4, -0.2) is 22.1 Å². The van der Waals surface area contributed by atoms with E-state index in [-0.39, 0.29) is 11.9 Å². The van der Waals surface area contributed by atoms with Crippen LogP contribution in [0.25, 0.3) is 0 Å². The summed E-state index contributed by atoms with van der Waals surface area (Å²) >= 11 is 0. The van der Waals surface area contributed by atoms with Crippen molar-refractivity contribution in [2.45, 2.75) is 26.8 Å². The Morgan fingerprint density at radius 3 is 2.77 bits per heavy atom. The number of rotatable bonds is 3. The van der Waals surface area contributed by atoms with Crippen molar-refractivity contribution < 1.29 is 4.79 Å². The average molecular weight is 182 g/mol. The smallest absolute Gasteiger partial charge is 0.285 e. The summed E-state index contributed by atoms with van der Waals surface area (Å²) in [5, 5.41) is 6.52. The lowest BCUT2D eigenvalue weighted by Gasteiger charge is -2.07. The Labute approximate surface area is 76.9 Å². The van der Waals surface area contributed by atoms with E-state index in [1.165, 1.54) is 0 Å². The van der Waals surface area contributed by atoms with Gasteiger partial charge < -0.3 is 0 Å². The van der Waals surface area contributed by atoms with Gasteiger partial charge in [0.15, 0.2) is 5.69 Å². The summed E-state index contributed by atoms with van der Waals surface area (Å²) < 4.78 is 0. The minimum absolute atomic E-state index is 0.212. The third-order valence-electron chi connectivity index (χ3n) is 1.41. The third kappa shape index (κ3) is 2.87. The number of carbonyl (C=O) groups is 1. The Hall–Kier alpha value is -1.36. The van der Waals surface area contributed by atoms with Gasteiger partial charge in [-0.05, 0) is 26.8 Å². The number of nitrogens with one attached hydrogen (secondary N) is 3. The predicted octanol–water partition coefficient (Wildman–Crippen LogP) is 0.361. The molecule has 0 atom stereocenters. The summed E-state index contributed by atoms with van der Waals surface area (Å²) in [6.45, 7) is 5.73. The molecule has 3 N–H and O–H groups in total. The molecule has 5 heteroatoms. The molecule has 0 aliphatic heterocycles. The standard InChI is InChI=1S/C8H14N4O/c1-5(2)9-12-8(13)7-4-6(3)10-11-7/h4-5,9H,1-3H3,(H,10,11)(H,12,13). The van der Waals surface area contributed by atoms with Gasteiger partial charge in [0, 0.05) is 11.7 Å².